The third-order valence-corrected chi connectivity index (χ3v) is 6.23. The molecule has 34 heavy (non-hydrogen) atoms. The van der Waals surface area contributed by atoms with Crippen molar-refractivity contribution in [1.82, 2.24) is 0 Å². The van der Waals surface area contributed by atoms with Gasteiger partial charge in [-0.3, -0.25) is 10.0 Å². The summed E-state index contributed by atoms with van der Waals surface area (Å²) < 4.78 is 6.11. The first-order valence-corrected chi connectivity index (χ1v) is 11.9. The molecule has 5 nitrogen and oxygen atoms in total. The van der Waals surface area contributed by atoms with Crippen LogP contribution in [0.2, 0.25) is 0 Å². The van der Waals surface area contributed by atoms with Gasteiger partial charge in [0.2, 0.25) is 0 Å². The van der Waals surface area contributed by atoms with E-state index in [4.69, 9.17) is 14.6 Å². The van der Waals surface area contributed by atoms with Gasteiger partial charge in [-0.1, -0.05) is 35.9 Å². The lowest BCUT2D eigenvalue weighted by Gasteiger charge is -2.26. The maximum absolute atomic E-state index is 6.11. The number of benzene rings is 3. The van der Waals surface area contributed by atoms with Gasteiger partial charge in [-0.25, -0.2) is 0 Å². The first-order valence-electron chi connectivity index (χ1n) is 11.9. The van der Waals surface area contributed by atoms with Crippen molar-refractivity contribution < 1.29 is 4.42 Å². The second-order valence-corrected chi connectivity index (χ2v) is 8.74. The average molecular weight is 451 g/mol. The molecule has 3 aromatic carbocycles. The number of fused-ring (bicyclic) bond motifs is 2. The number of hydrogen-bond acceptors (Lipinski definition) is 5. The van der Waals surface area contributed by atoms with E-state index in [1.165, 1.54) is 16.8 Å². The number of rotatable bonds is 6. The molecular formula is C29H30N4O. The summed E-state index contributed by atoms with van der Waals surface area (Å²) in [5, 5.41) is 14.8. The van der Waals surface area contributed by atoms with Gasteiger partial charge in [-0.15, -0.1) is 0 Å². The molecule has 4 aromatic rings. The average Bonchev–Trinajstić information content (AvgIpc) is 3.30. The lowest BCUT2D eigenvalue weighted by atomic mass is 10.0. The Labute approximate surface area is 201 Å². The molecule has 5 heteroatoms. The zero-order valence-electron chi connectivity index (χ0n) is 20.0. The van der Waals surface area contributed by atoms with E-state index in [-0.39, 0.29) is 0 Å². The minimum atomic E-state index is 0.777. The van der Waals surface area contributed by atoms with Crippen molar-refractivity contribution in [1.29, 1.82) is 0 Å². The van der Waals surface area contributed by atoms with E-state index in [0.717, 1.165) is 59.6 Å². The fourth-order valence-electron chi connectivity index (χ4n) is 4.35. The van der Waals surface area contributed by atoms with Crippen molar-refractivity contribution >= 4 is 34.3 Å². The van der Waals surface area contributed by atoms with E-state index < -0.39 is 0 Å². The highest BCUT2D eigenvalue weighted by molar-refractivity contribution is 6.01. The fraction of sp³-hybridized carbons (Fsp3) is 0.241. The fourth-order valence-corrected chi connectivity index (χ4v) is 4.35. The van der Waals surface area contributed by atoms with Crippen molar-refractivity contribution in [3.63, 3.8) is 0 Å². The molecule has 0 fully saturated rings. The van der Waals surface area contributed by atoms with Gasteiger partial charge in [-0.2, -0.15) is 10.2 Å². The number of aryl methyl sites for hydroxylation is 2. The highest BCUT2D eigenvalue weighted by atomic mass is 16.3. The van der Waals surface area contributed by atoms with Gasteiger partial charge in [-0.05, 0) is 87.2 Å². The Balaban J connectivity index is 1.37. The molecule has 2 heterocycles. The maximum Gasteiger partial charge on any atom is 0.151 e. The van der Waals surface area contributed by atoms with Crippen molar-refractivity contribution in [2.45, 2.75) is 33.6 Å². The lowest BCUT2D eigenvalue weighted by molar-refractivity contribution is 0.603. The molecule has 0 saturated heterocycles. The molecule has 0 unspecified atom stereocenters. The zero-order chi connectivity index (χ0) is 23.5. The van der Waals surface area contributed by atoms with Crippen LogP contribution in [0.3, 0.4) is 0 Å². The Kier molecular flexibility index (Phi) is 6.17. The Bertz CT molecular complexity index is 1350. The topological polar surface area (TPSA) is 44.3 Å². The summed E-state index contributed by atoms with van der Waals surface area (Å²) in [4.78, 5) is 0. The molecular weight excluding hydrogens is 420 g/mol. The van der Waals surface area contributed by atoms with Gasteiger partial charge in [0.25, 0.3) is 0 Å². The monoisotopic (exact) mass is 450 g/mol. The number of nitrogens with zero attached hydrogens (tertiary/aromatic N) is 4. The van der Waals surface area contributed by atoms with Gasteiger partial charge < -0.3 is 4.42 Å². The summed E-state index contributed by atoms with van der Waals surface area (Å²) in [6.07, 6.45) is 4.17. The van der Waals surface area contributed by atoms with Gasteiger partial charge in [0, 0.05) is 18.5 Å². The largest absolute Gasteiger partial charge is 0.455 e. The summed E-state index contributed by atoms with van der Waals surface area (Å²) in [7, 11) is 0. The predicted octanol–water partition coefficient (Wildman–Crippen LogP) is 6.78. The van der Waals surface area contributed by atoms with Crippen molar-refractivity contribution in [2.24, 2.45) is 10.2 Å². The van der Waals surface area contributed by atoms with Crippen LogP contribution in [0.4, 0.5) is 11.4 Å². The van der Waals surface area contributed by atoms with Crippen LogP contribution in [0.25, 0.3) is 11.0 Å². The van der Waals surface area contributed by atoms with Gasteiger partial charge in [0.05, 0.1) is 17.6 Å². The van der Waals surface area contributed by atoms with E-state index >= 15 is 0 Å². The Morgan fingerprint density at radius 3 is 2.71 bits per heavy atom. The SMILES string of the molecule is CCN(N=C(C)c1cc2cc(C=NN3CCCc4ccccc43)ccc2o1)c1ccc(C)cc1. The molecule has 0 N–H and O–H groups in total. The molecule has 5 rings (SSSR count). The Morgan fingerprint density at radius 1 is 1.06 bits per heavy atom. The van der Waals surface area contributed by atoms with Crippen molar-refractivity contribution in [2.75, 3.05) is 23.1 Å². The summed E-state index contributed by atoms with van der Waals surface area (Å²) in [5.41, 5.74) is 7.62. The third kappa shape index (κ3) is 4.60. The van der Waals surface area contributed by atoms with E-state index in [1.54, 1.807) is 0 Å². The third-order valence-electron chi connectivity index (χ3n) is 6.23. The molecule has 0 spiro atoms. The molecule has 0 saturated carbocycles. The summed E-state index contributed by atoms with van der Waals surface area (Å²) >= 11 is 0. The van der Waals surface area contributed by atoms with Gasteiger partial charge in [0.15, 0.2) is 5.76 Å². The number of anilines is 2. The maximum atomic E-state index is 6.11. The van der Waals surface area contributed by atoms with Gasteiger partial charge >= 0.3 is 0 Å². The van der Waals surface area contributed by atoms with Crippen LogP contribution in [0.1, 0.15) is 42.7 Å². The Morgan fingerprint density at radius 2 is 1.88 bits per heavy atom. The number of hydrogen-bond donors (Lipinski definition) is 0. The lowest BCUT2D eigenvalue weighted by Crippen LogP contribution is -2.24. The number of furan rings is 1. The van der Waals surface area contributed by atoms with Crippen LogP contribution in [0.15, 0.2) is 87.4 Å². The summed E-state index contributed by atoms with van der Waals surface area (Å²) in [5.74, 6) is 0.777. The molecule has 172 valence electrons. The normalized spacial score (nSPS) is 14.1. The van der Waals surface area contributed by atoms with E-state index in [9.17, 15) is 0 Å². The smallest absolute Gasteiger partial charge is 0.151 e. The molecule has 1 aliphatic heterocycles. The second kappa shape index (κ2) is 9.56. The molecule has 0 atom stereocenters. The van der Waals surface area contributed by atoms with Gasteiger partial charge in [0.1, 0.15) is 11.3 Å². The molecule has 1 aliphatic rings. The van der Waals surface area contributed by atoms with Crippen LogP contribution >= 0.6 is 0 Å². The van der Waals surface area contributed by atoms with Crippen molar-refractivity contribution in [3.05, 3.63) is 95.2 Å². The first-order chi connectivity index (χ1) is 16.6. The molecule has 1 aromatic heterocycles. The van der Waals surface area contributed by atoms with Crippen LogP contribution in [0, 0.1) is 6.92 Å². The summed E-state index contributed by atoms with van der Waals surface area (Å²) in [6.45, 7) is 7.90. The second-order valence-electron chi connectivity index (χ2n) is 8.74. The standard InChI is InChI=1S/C29H30N4O/c1-4-32(26-14-11-21(2)12-15-26)31-22(3)29-19-25-18-23(13-16-28(25)34-29)20-30-33-17-7-9-24-8-5-6-10-27(24)33/h5-6,8,10-16,18-20H,4,7,9,17H2,1-3H3. The summed E-state index contributed by atoms with van der Waals surface area (Å²) in [6, 6.07) is 25.2. The van der Waals surface area contributed by atoms with Crippen LogP contribution in [-0.2, 0) is 6.42 Å². The minimum Gasteiger partial charge on any atom is -0.455 e. The molecule has 0 amide bonds. The van der Waals surface area contributed by atoms with E-state index in [1.807, 2.05) is 30.3 Å². The Hall–Kier alpha value is -3.86. The quantitative estimate of drug-likeness (QED) is 0.240. The molecule has 0 radical (unpaired) electrons. The van der Waals surface area contributed by atoms with Crippen LogP contribution < -0.4 is 10.0 Å². The highest BCUT2D eigenvalue weighted by Gasteiger charge is 2.15. The van der Waals surface area contributed by atoms with E-state index in [2.05, 4.69) is 79.5 Å². The van der Waals surface area contributed by atoms with Crippen molar-refractivity contribution in [3.8, 4) is 0 Å². The molecule has 0 bridgehead atoms. The van der Waals surface area contributed by atoms with Crippen LogP contribution in [-0.4, -0.2) is 25.0 Å². The minimum absolute atomic E-state index is 0.777. The zero-order valence-corrected chi connectivity index (χ0v) is 20.0. The number of para-hydroxylation sites is 1. The molecule has 0 aliphatic carbocycles. The first kappa shape index (κ1) is 22.0. The van der Waals surface area contributed by atoms with E-state index in [0.29, 0.717) is 0 Å². The predicted molar refractivity (Wildman–Crippen MR) is 142 cm³/mol. The van der Waals surface area contributed by atoms with Crippen LogP contribution in [0.5, 0.6) is 0 Å². The highest BCUT2D eigenvalue weighted by Crippen LogP contribution is 2.27. The number of hydrazone groups is 2.